The average Bonchev–Trinajstić information content (AvgIpc) is 3.30. The first-order valence-electron chi connectivity index (χ1n) is 7.03. The average molecular weight is 306 g/mol. The summed E-state index contributed by atoms with van der Waals surface area (Å²) < 4.78 is 19.3. The SMILES string of the molecule is COc1cccc(-c2ccc(CNC3CC3)cc2Cl)c1F. The minimum atomic E-state index is -0.384. The highest BCUT2D eigenvalue weighted by Gasteiger charge is 2.20. The fraction of sp³-hybridized carbons (Fsp3) is 0.294. The highest BCUT2D eigenvalue weighted by molar-refractivity contribution is 6.33. The summed E-state index contributed by atoms with van der Waals surface area (Å²) in [6, 6.07) is 11.5. The van der Waals surface area contributed by atoms with Crippen LogP contribution in [0.2, 0.25) is 5.02 Å². The maximum Gasteiger partial charge on any atom is 0.172 e. The standard InChI is InChI=1S/C17H17ClFNO/c1-21-16-4-2-3-14(17(16)19)13-8-5-11(9-15(13)18)10-20-12-6-7-12/h2-5,8-9,12,20H,6-7,10H2,1H3. The monoisotopic (exact) mass is 305 g/mol. The van der Waals surface area contributed by atoms with Crippen molar-refractivity contribution in [2.75, 3.05) is 7.11 Å². The van der Waals surface area contributed by atoms with Crippen LogP contribution in [0, 0.1) is 5.82 Å². The van der Waals surface area contributed by atoms with Gasteiger partial charge >= 0.3 is 0 Å². The summed E-state index contributed by atoms with van der Waals surface area (Å²) in [5.41, 5.74) is 2.25. The van der Waals surface area contributed by atoms with Crippen molar-refractivity contribution in [1.29, 1.82) is 0 Å². The lowest BCUT2D eigenvalue weighted by molar-refractivity contribution is 0.387. The summed E-state index contributed by atoms with van der Waals surface area (Å²) in [6.07, 6.45) is 2.50. The van der Waals surface area contributed by atoms with Gasteiger partial charge < -0.3 is 10.1 Å². The van der Waals surface area contributed by atoms with Crippen LogP contribution in [0.1, 0.15) is 18.4 Å². The molecule has 2 nitrogen and oxygen atoms in total. The zero-order chi connectivity index (χ0) is 14.8. The van der Waals surface area contributed by atoms with Gasteiger partial charge in [0.05, 0.1) is 7.11 Å². The molecule has 1 aliphatic rings. The van der Waals surface area contributed by atoms with E-state index in [9.17, 15) is 4.39 Å². The number of hydrogen-bond donors (Lipinski definition) is 1. The zero-order valence-electron chi connectivity index (χ0n) is 11.8. The van der Waals surface area contributed by atoms with Crippen molar-refractivity contribution >= 4 is 11.6 Å². The predicted molar refractivity (Wildman–Crippen MR) is 83.3 cm³/mol. The molecule has 0 unspecified atom stereocenters. The smallest absolute Gasteiger partial charge is 0.172 e. The van der Waals surface area contributed by atoms with Gasteiger partial charge in [-0.15, -0.1) is 0 Å². The van der Waals surface area contributed by atoms with Crippen LogP contribution < -0.4 is 10.1 Å². The van der Waals surface area contributed by atoms with Crippen molar-refractivity contribution in [1.82, 2.24) is 5.32 Å². The van der Waals surface area contributed by atoms with Gasteiger partial charge in [0.15, 0.2) is 11.6 Å². The Labute approximate surface area is 128 Å². The molecule has 0 heterocycles. The summed E-state index contributed by atoms with van der Waals surface area (Å²) in [5, 5.41) is 3.99. The van der Waals surface area contributed by atoms with E-state index in [2.05, 4.69) is 5.32 Å². The van der Waals surface area contributed by atoms with Gasteiger partial charge in [-0.2, -0.15) is 0 Å². The van der Waals surface area contributed by atoms with E-state index in [4.69, 9.17) is 16.3 Å². The molecule has 0 spiro atoms. The second-order valence-electron chi connectivity index (χ2n) is 5.29. The molecule has 2 aromatic rings. The molecular weight excluding hydrogens is 289 g/mol. The first-order valence-corrected chi connectivity index (χ1v) is 7.41. The minimum Gasteiger partial charge on any atom is -0.494 e. The molecule has 21 heavy (non-hydrogen) atoms. The Morgan fingerprint density at radius 3 is 2.71 bits per heavy atom. The van der Waals surface area contributed by atoms with Gasteiger partial charge in [-0.25, -0.2) is 4.39 Å². The van der Waals surface area contributed by atoms with E-state index in [1.807, 2.05) is 18.2 Å². The van der Waals surface area contributed by atoms with Crippen molar-refractivity contribution in [3.05, 3.63) is 52.8 Å². The number of benzene rings is 2. The van der Waals surface area contributed by atoms with Gasteiger partial charge in [-0.1, -0.05) is 35.9 Å². The molecule has 0 saturated heterocycles. The van der Waals surface area contributed by atoms with Crippen molar-refractivity contribution in [3.8, 4) is 16.9 Å². The van der Waals surface area contributed by atoms with E-state index in [0.717, 1.165) is 12.1 Å². The number of rotatable bonds is 5. The molecule has 3 rings (SSSR count). The Morgan fingerprint density at radius 1 is 1.24 bits per heavy atom. The molecule has 4 heteroatoms. The van der Waals surface area contributed by atoms with Crippen LogP contribution in [-0.4, -0.2) is 13.2 Å². The molecule has 0 bridgehead atoms. The molecular formula is C17H17ClFNO. The molecule has 0 radical (unpaired) electrons. The first kappa shape index (κ1) is 14.4. The lowest BCUT2D eigenvalue weighted by Gasteiger charge is -2.11. The maximum atomic E-state index is 14.3. The molecule has 1 saturated carbocycles. The Kier molecular flexibility index (Phi) is 4.13. The molecule has 2 aromatic carbocycles. The second kappa shape index (κ2) is 6.04. The minimum absolute atomic E-state index is 0.225. The summed E-state index contributed by atoms with van der Waals surface area (Å²) in [4.78, 5) is 0. The van der Waals surface area contributed by atoms with Crippen LogP contribution in [-0.2, 0) is 6.54 Å². The zero-order valence-corrected chi connectivity index (χ0v) is 12.6. The quantitative estimate of drug-likeness (QED) is 0.883. The molecule has 0 amide bonds. The number of nitrogens with one attached hydrogen (secondary N) is 1. The number of halogens is 2. The summed E-state index contributed by atoms with van der Waals surface area (Å²) in [5.74, 6) is -0.159. The Hall–Kier alpha value is -1.58. The van der Waals surface area contributed by atoms with Gasteiger partial charge in [0.25, 0.3) is 0 Å². The van der Waals surface area contributed by atoms with Crippen molar-refractivity contribution in [2.45, 2.75) is 25.4 Å². The Bertz CT molecular complexity index is 655. The van der Waals surface area contributed by atoms with Gasteiger partial charge in [-0.05, 0) is 30.5 Å². The fourth-order valence-electron chi connectivity index (χ4n) is 2.31. The summed E-state index contributed by atoms with van der Waals surface area (Å²) in [7, 11) is 1.45. The third kappa shape index (κ3) is 3.20. The van der Waals surface area contributed by atoms with Gasteiger partial charge in [0.2, 0.25) is 0 Å². The topological polar surface area (TPSA) is 21.3 Å². The van der Waals surface area contributed by atoms with Gasteiger partial charge in [-0.3, -0.25) is 0 Å². The van der Waals surface area contributed by atoms with Crippen LogP contribution in [0.25, 0.3) is 11.1 Å². The molecule has 1 N–H and O–H groups in total. The highest BCUT2D eigenvalue weighted by Crippen LogP contribution is 2.34. The fourth-order valence-corrected chi connectivity index (χ4v) is 2.62. The van der Waals surface area contributed by atoms with Crippen molar-refractivity contribution in [2.24, 2.45) is 0 Å². The van der Waals surface area contributed by atoms with Crippen LogP contribution in [0.15, 0.2) is 36.4 Å². The molecule has 1 aliphatic carbocycles. The first-order chi connectivity index (χ1) is 10.2. The third-order valence-corrected chi connectivity index (χ3v) is 3.99. The molecule has 0 aliphatic heterocycles. The van der Waals surface area contributed by atoms with Crippen molar-refractivity contribution in [3.63, 3.8) is 0 Å². The van der Waals surface area contributed by atoms with Crippen LogP contribution in [0.4, 0.5) is 4.39 Å². The molecule has 1 fully saturated rings. The van der Waals surface area contributed by atoms with Crippen molar-refractivity contribution < 1.29 is 9.13 Å². The van der Waals surface area contributed by atoms with Gasteiger partial charge in [0.1, 0.15) is 0 Å². The summed E-state index contributed by atoms with van der Waals surface area (Å²) >= 11 is 6.33. The summed E-state index contributed by atoms with van der Waals surface area (Å²) in [6.45, 7) is 0.797. The predicted octanol–water partition coefficient (Wildman–Crippen LogP) is 4.41. The Balaban J connectivity index is 1.88. The Morgan fingerprint density at radius 2 is 2.05 bits per heavy atom. The number of ether oxygens (including phenoxy) is 1. The third-order valence-electron chi connectivity index (χ3n) is 3.68. The largest absolute Gasteiger partial charge is 0.494 e. The normalized spacial score (nSPS) is 14.2. The number of hydrogen-bond acceptors (Lipinski definition) is 2. The molecule has 0 aromatic heterocycles. The lowest BCUT2D eigenvalue weighted by atomic mass is 10.0. The number of methoxy groups -OCH3 is 1. The van der Waals surface area contributed by atoms with Gasteiger partial charge in [0, 0.05) is 28.7 Å². The van der Waals surface area contributed by atoms with E-state index >= 15 is 0 Å². The van der Waals surface area contributed by atoms with E-state index in [1.54, 1.807) is 18.2 Å². The van der Waals surface area contributed by atoms with Crippen LogP contribution in [0.3, 0.4) is 0 Å². The molecule has 0 atom stereocenters. The van der Waals surface area contributed by atoms with E-state index in [-0.39, 0.29) is 11.6 Å². The van der Waals surface area contributed by atoms with Crippen LogP contribution >= 0.6 is 11.6 Å². The second-order valence-corrected chi connectivity index (χ2v) is 5.70. The van der Waals surface area contributed by atoms with E-state index in [1.165, 1.54) is 20.0 Å². The van der Waals surface area contributed by atoms with Crippen LogP contribution in [0.5, 0.6) is 5.75 Å². The van der Waals surface area contributed by atoms with E-state index < -0.39 is 0 Å². The highest BCUT2D eigenvalue weighted by atomic mass is 35.5. The maximum absolute atomic E-state index is 14.3. The lowest BCUT2D eigenvalue weighted by Crippen LogP contribution is -2.15. The van der Waals surface area contributed by atoms with E-state index in [0.29, 0.717) is 22.2 Å². The molecule has 110 valence electrons.